The predicted molar refractivity (Wildman–Crippen MR) is 122 cm³/mol. The van der Waals surface area contributed by atoms with Gasteiger partial charge in [0.05, 0.1) is 32.4 Å². The van der Waals surface area contributed by atoms with Crippen LogP contribution >= 0.6 is 0 Å². The minimum absolute atomic E-state index is 0.288. The smallest absolute Gasteiger partial charge is 0.322 e. The third kappa shape index (κ3) is 4.61. The Hall–Kier alpha value is -3.36. The summed E-state index contributed by atoms with van der Waals surface area (Å²) in [6.07, 6.45) is 4.56. The van der Waals surface area contributed by atoms with Crippen LogP contribution in [0.5, 0.6) is 23.3 Å². The van der Waals surface area contributed by atoms with Gasteiger partial charge in [0.1, 0.15) is 5.75 Å². The molecule has 1 aliphatic rings. The summed E-state index contributed by atoms with van der Waals surface area (Å²) in [5, 5.41) is 1.93. The van der Waals surface area contributed by atoms with Crippen molar-refractivity contribution >= 4 is 21.8 Å². The maximum Gasteiger partial charge on any atom is 0.322 e. The highest BCUT2D eigenvalue weighted by atomic mass is 16.5. The first-order chi connectivity index (χ1) is 15.8. The van der Waals surface area contributed by atoms with Gasteiger partial charge in [-0.15, -0.1) is 0 Å². The van der Waals surface area contributed by atoms with E-state index in [1.54, 1.807) is 13.3 Å². The molecule has 0 bridgehead atoms. The molecule has 5 rings (SSSR count). The zero-order valence-corrected chi connectivity index (χ0v) is 18.0. The number of rotatable bonds is 8. The summed E-state index contributed by atoms with van der Waals surface area (Å²) in [7, 11) is 1.64. The molecule has 1 fully saturated rings. The Morgan fingerprint density at radius 3 is 2.84 bits per heavy atom. The number of benzene rings is 2. The fourth-order valence-electron chi connectivity index (χ4n) is 3.84. The van der Waals surface area contributed by atoms with Gasteiger partial charge in [0.25, 0.3) is 0 Å². The van der Waals surface area contributed by atoms with E-state index in [9.17, 15) is 0 Å². The second kappa shape index (κ2) is 9.42. The summed E-state index contributed by atoms with van der Waals surface area (Å²) in [6, 6.07) is 11.9. The monoisotopic (exact) mass is 434 g/mol. The maximum atomic E-state index is 6.04. The van der Waals surface area contributed by atoms with Gasteiger partial charge < -0.3 is 23.9 Å². The zero-order valence-electron chi connectivity index (χ0n) is 18.0. The highest BCUT2D eigenvalue weighted by Crippen LogP contribution is 2.33. The van der Waals surface area contributed by atoms with Crippen LogP contribution in [-0.4, -0.2) is 66.4 Å². The molecule has 4 aromatic rings. The summed E-state index contributed by atoms with van der Waals surface area (Å²) < 4.78 is 22.9. The Morgan fingerprint density at radius 2 is 1.97 bits per heavy atom. The summed E-state index contributed by atoms with van der Waals surface area (Å²) in [5.74, 6) is 2.02. The average molecular weight is 434 g/mol. The summed E-state index contributed by atoms with van der Waals surface area (Å²) >= 11 is 0. The molecule has 1 saturated heterocycles. The molecular weight excluding hydrogens is 408 g/mol. The topological polar surface area (TPSA) is 81.7 Å². The molecule has 8 nitrogen and oxygen atoms in total. The molecule has 32 heavy (non-hydrogen) atoms. The van der Waals surface area contributed by atoms with Crippen LogP contribution in [0, 0.1) is 0 Å². The van der Waals surface area contributed by atoms with Crippen molar-refractivity contribution in [2.45, 2.75) is 6.42 Å². The molecule has 0 aliphatic carbocycles. The van der Waals surface area contributed by atoms with Gasteiger partial charge in [-0.1, -0.05) is 0 Å². The molecule has 2 aromatic carbocycles. The van der Waals surface area contributed by atoms with Crippen LogP contribution < -0.4 is 14.2 Å². The number of nitrogens with zero attached hydrogens (tertiary/aromatic N) is 3. The van der Waals surface area contributed by atoms with E-state index in [-0.39, 0.29) is 6.01 Å². The lowest BCUT2D eigenvalue weighted by Gasteiger charge is -2.26. The minimum Gasteiger partial charge on any atom is -0.493 e. The molecule has 8 heteroatoms. The van der Waals surface area contributed by atoms with Crippen LogP contribution in [0.25, 0.3) is 21.8 Å². The van der Waals surface area contributed by atoms with E-state index in [0.29, 0.717) is 23.9 Å². The maximum absolute atomic E-state index is 6.04. The van der Waals surface area contributed by atoms with E-state index >= 15 is 0 Å². The zero-order chi connectivity index (χ0) is 21.8. The first-order valence-electron chi connectivity index (χ1n) is 10.8. The molecule has 0 saturated carbocycles. The number of H-pyrrole nitrogens is 1. The first kappa shape index (κ1) is 20.5. The Balaban J connectivity index is 1.29. The van der Waals surface area contributed by atoms with Gasteiger partial charge in [0, 0.05) is 54.4 Å². The van der Waals surface area contributed by atoms with Crippen LogP contribution in [0.1, 0.15) is 6.42 Å². The van der Waals surface area contributed by atoms with Gasteiger partial charge in [-0.3, -0.25) is 4.90 Å². The van der Waals surface area contributed by atoms with Gasteiger partial charge >= 0.3 is 6.01 Å². The Morgan fingerprint density at radius 1 is 1.06 bits per heavy atom. The fraction of sp³-hybridized carbons (Fsp3) is 0.333. The van der Waals surface area contributed by atoms with Gasteiger partial charge in [-0.2, -0.15) is 4.98 Å². The third-order valence-corrected chi connectivity index (χ3v) is 5.56. The number of fused-ring (bicyclic) bond motifs is 2. The number of aromatic amines is 1. The third-order valence-electron chi connectivity index (χ3n) is 5.56. The Labute approximate surface area is 186 Å². The second-order valence-corrected chi connectivity index (χ2v) is 7.70. The van der Waals surface area contributed by atoms with Crippen LogP contribution in [0.3, 0.4) is 0 Å². The Kier molecular flexibility index (Phi) is 6.04. The number of methoxy groups -OCH3 is 1. The highest BCUT2D eigenvalue weighted by molar-refractivity contribution is 5.82. The minimum atomic E-state index is 0.288. The molecular formula is C24H26N4O4. The molecule has 0 atom stereocenters. The Bertz CT molecular complexity index is 1200. The van der Waals surface area contributed by atoms with Gasteiger partial charge in [0.15, 0.2) is 11.5 Å². The van der Waals surface area contributed by atoms with E-state index in [4.69, 9.17) is 18.9 Å². The number of aromatic nitrogens is 3. The predicted octanol–water partition coefficient (Wildman–Crippen LogP) is 4.01. The molecule has 1 aliphatic heterocycles. The molecule has 1 N–H and O–H groups in total. The second-order valence-electron chi connectivity index (χ2n) is 7.70. The lowest BCUT2D eigenvalue weighted by molar-refractivity contribution is 0.0357. The number of nitrogens with one attached hydrogen (secondary N) is 1. The van der Waals surface area contributed by atoms with Crippen LogP contribution in [-0.2, 0) is 4.74 Å². The molecule has 0 amide bonds. The van der Waals surface area contributed by atoms with Crippen molar-refractivity contribution in [2.75, 3.05) is 46.6 Å². The normalized spacial score (nSPS) is 14.7. The van der Waals surface area contributed by atoms with Crippen molar-refractivity contribution in [1.29, 1.82) is 0 Å². The van der Waals surface area contributed by atoms with Crippen molar-refractivity contribution in [2.24, 2.45) is 0 Å². The number of morpholine rings is 1. The van der Waals surface area contributed by atoms with E-state index in [1.807, 2.05) is 42.6 Å². The van der Waals surface area contributed by atoms with E-state index in [1.165, 1.54) is 0 Å². The summed E-state index contributed by atoms with van der Waals surface area (Å²) in [6.45, 7) is 5.17. The standard InChI is InChI=1S/C24H26N4O4/c1-29-22-14-18-16-26-24(32-19-3-4-20-17(13-19)5-6-25-20)27-21(18)15-23(22)31-10-2-7-28-8-11-30-12-9-28/h3-6,13-16,25H,2,7-12H2,1H3. The quantitative estimate of drug-likeness (QED) is 0.420. The van der Waals surface area contributed by atoms with Crippen molar-refractivity contribution in [3.8, 4) is 23.3 Å². The molecule has 2 aromatic heterocycles. The average Bonchev–Trinajstić information content (AvgIpc) is 3.30. The van der Waals surface area contributed by atoms with E-state index in [0.717, 1.165) is 61.1 Å². The van der Waals surface area contributed by atoms with Gasteiger partial charge in [-0.25, -0.2) is 4.98 Å². The van der Waals surface area contributed by atoms with Crippen LogP contribution in [0.2, 0.25) is 0 Å². The molecule has 0 unspecified atom stereocenters. The van der Waals surface area contributed by atoms with E-state index in [2.05, 4.69) is 19.9 Å². The van der Waals surface area contributed by atoms with Gasteiger partial charge in [-0.05, 0) is 36.8 Å². The number of hydrogen-bond donors (Lipinski definition) is 1. The lowest BCUT2D eigenvalue weighted by atomic mass is 10.2. The summed E-state index contributed by atoms with van der Waals surface area (Å²) in [4.78, 5) is 14.5. The van der Waals surface area contributed by atoms with Crippen molar-refractivity contribution in [3.63, 3.8) is 0 Å². The van der Waals surface area contributed by atoms with Crippen molar-refractivity contribution in [1.82, 2.24) is 19.9 Å². The molecule has 166 valence electrons. The first-order valence-corrected chi connectivity index (χ1v) is 10.8. The number of ether oxygens (including phenoxy) is 4. The SMILES string of the molecule is COc1cc2cnc(Oc3ccc4[nH]ccc4c3)nc2cc1OCCCN1CCOCC1. The van der Waals surface area contributed by atoms with Crippen molar-refractivity contribution < 1.29 is 18.9 Å². The fourth-order valence-corrected chi connectivity index (χ4v) is 3.84. The van der Waals surface area contributed by atoms with E-state index < -0.39 is 0 Å². The molecule has 3 heterocycles. The largest absolute Gasteiger partial charge is 0.493 e. The van der Waals surface area contributed by atoms with Gasteiger partial charge in [0.2, 0.25) is 0 Å². The molecule has 0 radical (unpaired) electrons. The van der Waals surface area contributed by atoms with Crippen molar-refractivity contribution in [3.05, 3.63) is 48.8 Å². The number of hydrogen-bond acceptors (Lipinski definition) is 7. The molecule has 0 spiro atoms. The van der Waals surface area contributed by atoms with Crippen LogP contribution in [0.4, 0.5) is 0 Å². The lowest BCUT2D eigenvalue weighted by Crippen LogP contribution is -2.37. The van der Waals surface area contributed by atoms with Crippen LogP contribution in [0.15, 0.2) is 48.8 Å². The summed E-state index contributed by atoms with van der Waals surface area (Å²) in [5.41, 5.74) is 1.79. The highest BCUT2D eigenvalue weighted by Gasteiger charge is 2.12.